The summed E-state index contributed by atoms with van der Waals surface area (Å²) >= 11 is 0. The highest BCUT2D eigenvalue weighted by Crippen LogP contribution is 2.21. The van der Waals surface area contributed by atoms with Crippen LogP contribution < -0.4 is 4.74 Å². The first-order valence-corrected chi connectivity index (χ1v) is 7.33. The number of carbonyl (C=O) groups excluding carboxylic acids is 1. The molecule has 0 saturated carbocycles. The van der Waals surface area contributed by atoms with Crippen molar-refractivity contribution < 1.29 is 14.7 Å². The van der Waals surface area contributed by atoms with Crippen molar-refractivity contribution >= 4 is 5.91 Å². The fraction of sp³-hybridized carbons (Fsp3) is 0.278. The first-order chi connectivity index (χ1) is 10.6. The molecule has 0 aliphatic carbocycles. The van der Waals surface area contributed by atoms with Crippen molar-refractivity contribution in [2.45, 2.75) is 26.3 Å². The summed E-state index contributed by atoms with van der Waals surface area (Å²) in [6.07, 6.45) is 0.855. The molecule has 0 spiro atoms. The number of hydrogen-bond donors (Lipinski definition) is 1. The van der Waals surface area contributed by atoms with Crippen molar-refractivity contribution in [3.8, 4) is 5.75 Å². The molecule has 22 heavy (non-hydrogen) atoms. The van der Waals surface area contributed by atoms with Gasteiger partial charge in [0.2, 0.25) is 5.91 Å². The Labute approximate surface area is 130 Å². The summed E-state index contributed by atoms with van der Waals surface area (Å²) in [7, 11) is 0. The van der Waals surface area contributed by atoms with Crippen molar-refractivity contribution in [3.05, 3.63) is 65.7 Å². The average molecular weight is 299 g/mol. The second kappa shape index (κ2) is 7.61. The van der Waals surface area contributed by atoms with Gasteiger partial charge in [-0.2, -0.15) is 0 Å². The molecule has 0 bridgehead atoms. The molecule has 116 valence electrons. The summed E-state index contributed by atoms with van der Waals surface area (Å²) in [6.45, 7) is 3.71. The van der Waals surface area contributed by atoms with Crippen LogP contribution in [0.2, 0.25) is 0 Å². The van der Waals surface area contributed by atoms with Crippen molar-refractivity contribution in [2.24, 2.45) is 0 Å². The SMILES string of the molecule is CC(=O)N(O)C(C)c1ccc(OCCc2ccccc2)cc1. The molecule has 4 heteroatoms. The van der Waals surface area contributed by atoms with E-state index < -0.39 is 0 Å². The highest BCUT2D eigenvalue weighted by atomic mass is 16.5. The molecule has 0 aromatic heterocycles. The highest BCUT2D eigenvalue weighted by Gasteiger charge is 2.15. The Hall–Kier alpha value is -2.33. The molecule has 0 radical (unpaired) electrons. The number of hydroxylamine groups is 2. The second-order valence-electron chi connectivity index (χ2n) is 5.19. The second-order valence-corrected chi connectivity index (χ2v) is 5.19. The van der Waals surface area contributed by atoms with Gasteiger partial charge in [-0.05, 0) is 30.2 Å². The van der Waals surface area contributed by atoms with Gasteiger partial charge in [-0.1, -0.05) is 42.5 Å². The van der Waals surface area contributed by atoms with Crippen molar-refractivity contribution in [3.63, 3.8) is 0 Å². The van der Waals surface area contributed by atoms with E-state index in [-0.39, 0.29) is 11.9 Å². The van der Waals surface area contributed by atoms with Crippen LogP contribution in [0.25, 0.3) is 0 Å². The molecule has 1 atom stereocenters. The standard InChI is InChI=1S/C18H21NO3/c1-14(19(21)15(2)20)17-8-10-18(11-9-17)22-13-12-16-6-4-3-5-7-16/h3-11,14,21H,12-13H2,1-2H3. The lowest BCUT2D eigenvalue weighted by molar-refractivity contribution is -0.172. The Morgan fingerprint density at radius 1 is 1.14 bits per heavy atom. The lowest BCUT2D eigenvalue weighted by atomic mass is 10.1. The van der Waals surface area contributed by atoms with E-state index in [9.17, 15) is 10.0 Å². The molecule has 4 nitrogen and oxygen atoms in total. The van der Waals surface area contributed by atoms with E-state index in [4.69, 9.17) is 4.74 Å². The van der Waals surface area contributed by atoms with Gasteiger partial charge in [-0.15, -0.1) is 0 Å². The summed E-state index contributed by atoms with van der Waals surface area (Å²) in [5.74, 6) is 0.398. The van der Waals surface area contributed by atoms with E-state index in [1.165, 1.54) is 12.5 Å². The zero-order valence-corrected chi connectivity index (χ0v) is 12.9. The van der Waals surface area contributed by atoms with Gasteiger partial charge in [0.05, 0.1) is 12.6 Å². The Balaban J connectivity index is 1.88. The van der Waals surface area contributed by atoms with Crippen LogP contribution in [-0.4, -0.2) is 22.8 Å². The zero-order valence-electron chi connectivity index (χ0n) is 12.9. The maximum absolute atomic E-state index is 11.2. The number of hydrogen-bond acceptors (Lipinski definition) is 3. The van der Waals surface area contributed by atoms with Gasteiger partial charge in [0, 0.05) is 13.3 Å². The van der Waals surface area contributed by atoms with Crippen molar-refractivity contribution in [1.82, 2.24) is 5.06 Å². The minimum absolute atomic E-state index is 0.379. The van der Waals surface area contributed by atoms with Gasteiger partial charge in [0.15, 0.2) is 0 Å². The lowest BCUT2D eigenvalue weighted by Gasteiger charge is -2.21. The number of carbonyl (C=O) groups is 1. The van der Waals surface area contributed by atoms with Gasteiger partial charge in [-0.25, -0.2) is 5.06 Å². The first kappa shape index (κ1) is 16.0. The molecule has 0 aliphatic rings. The number of rotatable bonds is 6. The third-order valence-corrected chi connectivity index (χ3v) is 3.55. The maximum Gasteiger partial charge on any atom is 0.243 e. The molecule has 1 amide bonds. The Morgan fingerprint density at radius 2 is 1.77 bits per heavy atom. The molecule has 2 rings (SSSR count). The third-order valence-electron chi connectivity index (χ3n) is 3.55. The quantitative estimate of drug-likeness (QED) is 0.655. The van der Waals surface area contributed by atoms with Crippen LogP contribution in [0.4, 0.5) is 0 Å². The van der Waals surface area contributed by atoms with E-state index in [0.717, 1.165) is 22.8 Å². The molecular weight excluding hydrogens is 278 g/mol. The van der Waals surface area contributed by atoms with Crippen molar-refractivity contribution in [2.75, 3.05) is 6.61 Å². The molecule has 0 aliphatic heterocycles. The molecule has 2 aromatic carbocycles. The fourth-order valence-electron chi connectivity index (χ4n) is 2.19. The number of ether oxygens (including phenoxy) is 1. The topological polar surface area (TPSA) is 49.8 Å². The monoisotopic (exact) mass is 299 g/mol. The molecule has 0 fully saturated rings. The normalized spacial score (nSPS) is 11.8. The highest BCUT2D eigenvalue weighted by molar-refractivity contribution is 5.72. The fourth-order valence-corrected chi connectivity index (χ4v) is 2.19. The summed E-state index contributed by atoms with van der Waals surface area (Å²) in [5.41, 5.74) is 2.10. The number of amides is 1. The maximum atomic E-state index is 11.2. The smallest absolute Gasteiger partial charge is 0.243 e. The molecule has 1 N–H and O–H groups in total. The largest absolute Gasteiger partial charge is 0.493 e. The Morgan fingerprint density at radius 3 is 2.36 bits per heavy atom. The molecule has 0 saturated heterocycles. The van der Waals surface area contributed by atoms with Crippen LogP contribution >= 0.6 is 0 Å². The third kappa shape index (κ3) is 4.33. The van der Waals surface area contributed by atoms with Crippen molar-refractivity contribution in [1.29, 1.82) is 0 Å². The van der Waals surface area contributed by atoms with Crippen LogP contribution in [0, 0.1) is 0 Å². The molecule has 2 aromatic rings. The summed E-state index contributed by atoms with van der Waals surface area (Å²) in [5, 5.41) is 10.4. The van der Waals surface area contributed by atoms with Gasteiger partial charge in [-0.3, -0.25) is 10.0 Å². The van der Waals surface area contributed by atoms with Crippen LogP contribution in [0.5, 0.6) is 5.75 Å². The van der Waals surface area contributed by atoms with E-state index in [1.807, 2.05) is 42.5 Å². The van der Waals surface area contributed by atoms with Gasteiger partial charge >= 0.3 is 0 Å². The van der Waals surface area contributed by atoms with Gasteiger partial charge in [0.1, 0.15) is 5.75 Å². The number of benzene rings is 2. The predicted octanol–water partition coefficient (Wildman–Crippen LogP) is 3.61. The van der Waals surface area contributed by atoms with Crippen LogP contribution in [0.1, 0.15) is 31.0 Å². The van der Waals surface area contributed by atoms with Gasteiger partial charge < -0.3 is 4.74 Å². The zero-order chi connectivity index (χ0) is 15.9. The lowest BCUT2D eigenvalue weighted by Crippen LogP contribution is -2.27. The first-order valence-electron chi connectivity index (χ1n) is 7.33. The predicted molar refractivity (Wildman–Crippen MR) is 84.8 cm³/mol. The molecule has 0 heterocycles. The van der Waals surface area contributed by atoms with Crippen LogP contribution in [0.15, 0.2) is 54.6 Å². The minimum Gasteiger partial charge on any atom is -0.493 e. The van der Waals surface area contributed by atoms with Crippen LogP contribution in [0.3, 0.4) is 0 Å². The van der Waals surface area contributed by atoms with E-state index in [1.54, 1.807) is 6.92 Å². The molecular formula is C18H21NO3. The summed E-state index contributed by atoms with van der Waals surface area (Å²) < 4.78 is 5.71. The average Bonchev–Trinajstić information content (AvgIpc) is 2.55. The summed E-state index contributed by atoms with van der Waals surface area (Å²) in [4.78, 5) is 11.2. The van der Waals surface area contributed by atoms with E-state index >= 15 is 0 Å². The van der Waals surface area contributed by atoms with Crippen LogP contribution in [-0.2, 0) is 11.2 Å². The van der Waals surface area contributed by atoms with E-state index in [2.05, 4.69) is 12.1 Å². The summed E-state index contributed by atoms with van der Waals surface area (Å²) in [6, 6.07) is 17.2. The van der Waals surface area contributed by atoms with Gasteiger partial charge in [0.25, 0.3) is 0 Å². The minimum atomic E-state index is -0.379. The number of nitrogens with zero attached hydrogens (tertiary/aromatic N) is 1. The molecule has 1 unspecified atom stereocenters. The Kier molecular flexibility index (Phi) is 5.55. The van der Waals surface area contributed by atoms with E-state index in [0.29, 0.717) is 6.61 Å². The Bertz CT molecular complexity index is 595.